The molecule has 0 fully saturated rings. The maximum atomic E-state index is 4.09. The van der Waals surface area contributed by atoms with Crippen molar-refractivity contribution in [1.82, 2.24) is 19.9 Å². The first-order chi connectivity index (χ1) is 5.47. The van der Waals surface area contributed by atoms with Gasteiger partial charge < -0.3 is 4.98 Å². The van der Waals surface area contributed by atoms with Crippen LogP contribution in [0.4, 0.5) is 0 Å². The molecule has 54 valence electrons. The maximum absolute atomic E-state index is 4.09. The summed E-state index contributed by atoms with van der Waals surface area (Å²) in [5.41, 5.74) is 1.70. The second-order valence-corrected chi connectivity index (χ2v) is 2.06. The van der Waals surface area contributed by atoms with Crippen LogP contribution < -0.4 is 0 Å². The highest BCUT2D eigenvalue weighted by molar-refractivity contribution is 5.50. The first kappa shape index (κ1) is 6.03. The van der Waals surface area contributed by atoms with Crippen molar-refractivity contribution in [3.8, 4) is 11.4 Å². The van der Waals surface area contributed by atoms with Crippen molar-refractivity contribution in [3.63, 3.8) is 0 Å². The van der Waals surface area contributed by atoms with E-state index in [1.807, 2.05) is 0 Å². The van der Waals surface area contributed by atoms with E-state index in [9.17, 15) is 0 Å². The summed E-state index contributed by atoms with van der Waals surface area (Å²) in [6.45, 7) is 0. The van der Waals surface area contributed by atoms with Crippen molar-refractivity contribution < 1.29 is 0 Å². The fourth-order valence-corrected chi connectivity index (χ4v) is 0.834. The fourth-order valence-electron chi connectivity index (χ4n) is 0.834. The zero-order chi connectivity index (χ0) is 7.52. The summed E-state index contributed by atoms with van der Waals surface area (Å²) < 4.78 is 0. The monoisotopic (exact) mass is 146 g/mol. The van der Waals surface area contributed by atoms with E-state index < -0.39 is 0 Å². The molecule has 0 amide bonds. The molecule has 0 atom stereocenters. The Morgan fingerprint density at radius 1 is 1.09 bits per heavy atom. The predicted molar refractivity (Wildman–Crippen MR) is 39.6 cm³/mol. The minimum absolute atomic E-state index is 0.810. The summed E-state index contributed by atoms with van der Waals surface area (Å²) in [7, 11) is 0. The molecule has 0 aromatic carbocycles. The van der Waals surface area contributed by atoms with Crippen LogP contribution in [0, 0.1) is 0 Å². The number of imidazole rings is 1. The average Bonchev–Trinajstić information content (AvgIpc) is 2.58. The lowest BCUT2D eigenvalue weighted by Gasteiger charge is -1.91. The van der Waals surface area contributed by atoms with Gasteiger partial charge in [0, 0.05) is 12.4 Å². The molecule has 4 heteroatoms. The van der Waals surface area contributed by atoms with E-state index in [1.165, 1.54) is 0 Å². The van der Waals surface area contributed by atoms with E-state index in [4.69, 9.17) is 0 Å². The van der Waals surface area contributed by atoms with Gasteiger partial charge in [-0.1, -0.05) is 0 Å². The second kappa shape index (κ2) is 2.49. The number of nitrogens with one attached hydrogen (secondary N) is 1. The van der Waals surface area contributed by atoms with E-state index >= 15 is 0 Å². The Balaban J connectivity index is 2.46. The summed E-state index contributed by atoms with van der Waals surface area (Å²) >= 11 is 0. The lowest BCUT2D eigenvalue weighted by molar-refractivity contribution is 1.19. The van der Waals surface area contributed by atoms with Gasteiger partial charge in [0.05, 0.1) is 24.4 Å². The number of rotatable bonds is 1. The van der Waals surface area contributed by atoms with Crippen LogP contribution in [0.2, 0.25) is 0 Å². The molecule has 2 rings (SSSR count). The molecule has 4 nitrogen and oxygen atoms in total. The number of aromatic amines is 1. The van der Waals surface area contributed by atoms with Gasteiger partial charge in [-0.15, -0.1) is 0 Å². The molecule has 2 heterocycles. The minimum atomic E-state index is 0.810. The quantitative estimate of drug-likeness (QED) is 0.649. The smallest absolute Gasteiger partial charge is 0.106 e. The fraction of sp³-hybridized carbons (Fsp3) is 0. The zero-order valence-electron chi connectivity index (χ0n) is 5.73. The Kier molecular flexibility index (Phi) is 1.37. The molecule has 11 heavy (non-hydrogen) atoms. The molecule has 0 saturated carbocycles. The first-order valence-corrected chi connectivity index (χ1v) is 3.21. The second-order valence-electron chi connectivity index (χ2n) is 2.06. The highest BCUT2D eigenvalue weighted by atomic mass is 14.9. The molecule has 2 aromatic heterocycles. The van der Waals surface area contributed by atoms with E-state index in [1.54, 1.807) is 31.1 Å². The van der Waals surface area contributed by atoms with Crippen molar-refractivity contribution in [2.75, 3.05) is 0 Å². The van der Waals surface area contributed by atoms with Crippen molar-refractivity contribution in [3.05, 3.63) is 31.1 Å². The topological polar surface area (TPSA) is 54.5 Å². The van der Waals surface area contributed by atoms with Crippen molar-refractivity contribution >= 4 is 0 Å². The van der Waals surface area contributed by atoms with Gasteiger partial charge in [0.1, 0.15) is 5.69 Å². The normalized spacial score (nSPS) is 9.82. The third-order valence-corrected chi connectivity index (χ3v) is 1.34. The number of H-pyrrole nitrogens is 1. The van der Waals surface area contributed by atoms with Crippen LogP contribution in [0.25, 0.3) is 11.4 Å². The van der Waals surface area contributed by atoms with Crippen LogP contribution >= 0.6 is 0 Å². The number of hydrogen-bond acceptors (Lipinski definition) is 3. The molecule has 0 unspecified atom stereocenters. The number of aromatic nitrogens is 4. The summed E-state index contributed by atoms with van der Waals surface area (Å²) in [6, 6.07) is 0. The summed E-state index contributed by atoms with van der Waals surface area (Å²) in [5.74, 6) is 0. The van der Waals surface area contributed by atoms with Gasteiger partial charge in [-0.3, -0.25) is 9.97 Å². The molecule has 1 N–H and O–H groups in total. The SMILES string of the molecule is c1cnc(-c2cnc[nH]2)cn1. The molecule has 0 spiro atoms. The van der Waals surface area contributed by atoms with Crippen LogP contribution in [-0.2, 0) is 0 Å². The van der Waals surface area contributed by atoms with Crippen LogP contribution in [0.5, 0.6) is 0 Å². The van der Waals surface area contributed by atoms with E-state index in [0.29, 0.717) is 0 Å². The molecule has 0 aliphatic heterocycles. The maximum Gasteiger partial charge on any atom is 0.106 e. The van der Waals surface area contributed by atoms with E-state index in [0.717, 1.165) is 11.4 Å². The van der Waals surface area contributed by atoms with Crippen molar-refractivity contribution in [2.45, 2.75) is 0 Å². The zero-order valence-corrected chi connectivity index (χ0v) is 5.73. The molecule has 2 aromatic rings. The molecular formula is C7H6N4. The highest BCUT2D eigenvalue weighted by Gasteiger charge is 1.96. The minimum Gasteiger partial charge on any atom is -0.343 e. The number of nitrogens with zero attached hydrogens (tertiary/aromatic N) is 3. The molecule has 0 aliphatic rings. The Morgan fingerprint density at radius 3 is 2.73 bits per heavy atom. The average molecular weight is 146 g/mol. The Bertz CT molecular complexity index is 313. The van der Waals surface area contributed by atoms with Gasteiger partial charge in [0.2, 0.25) is 0 Å². The van der Waals surface area contributed by atoms with Gasteiger partial charge >= 0.3 is 0 Å². The Hall–Kier alpha value is -1.71. The van der Waals surface area contributed by atoms with Crippen LogP contribution in [-0.4, -0.2) is 19.9 Å². The molecule has 0 radical (unpaired) electrons. The highest BCUT2D eigenvalue weighted by Crippen LogP contribution is 2.08. The van der Waals surface area contributed by atoms with Crippen LogP contribution in [0.1, 0.15) is 0 Å². The molecular weight excluding hydrogens is 140 g/mol. The van der Waals surface area contributed by atoms with E-state index in [-0.39, 0.29) is 0 Å². The molecule has 0 aliphatic carbocycles. The van der Waals surface area contributed by atoms with Crippen molar-refractivity contribution in [1.29, 1.82) is 0 Å². The lowest BCUT2D eigenvalue weighted by Crippen LogP contribution is -1.82. The third kappa shape index (κ3) is 1.10. The van der Waals surface area contributed by atoms with Crippen LogP contribution in [0.3, 0.4) is 0 Å². The predicted octanol–water partition coefficient (Wildman–Crippen LogP) is 0.867. The Labute approximate surface area is 63.4 Å². The third-order valence-electron chi connectivity index (χ3n) is 1.34. The van der Waals surface area contributed by atoms with Gasteiger partial charge in [-0.2, -0.15) is 0 Å². The van der Waals surface area contributed by atoms with Crippen molar-refractivity contribution in [2.24, 2.45) is 0 Å². The van der Waals surface area contributed by atoms with Gasteiger partial charge in [0.25, 0.3) is 0 Å². The summed E-state index contributed by atoms with van der Waals surface area (Å²) in [6.07, 6.45) is 8.30. The standard InChI is InChI=1S/C7H6N4/c1-2-10-6(3-8-1)7-4-9-5-11-7/h1-5H,(H,9,11). The first-order valence-electron chi connectivity index (χ1n) is 3.21. The molecule has 0 saturated heterocycles. The van der Waals surface area contributed by atoms with Gasteiger partial charge in [-0.05, 0) is 0 Å². The van der Waals surface area contributed by atoms with Gasteiger partial charge in [-0.25, -0.2) is 4.98 Å². The lowest BCUT2D eigenvalue weighted by atomic mass is 10.3. The summed E-state index contributed by atoms with van der Waals surface area (Å²) in [5, 5.41) is 0. The Morgan fingerprint density at radius 2 is 2.09 bits per heavy atom. The largest absolute Gasteiger partial charge is 0.343 e. The van der Waals surface area contributed by atoms with E-state index in [2.05, 4.69) is 19.9 Å². The van der Waals surface area contributed by atoms with Gasteiger partial charge in [0.15, 0.2) is 0 Å². The molecule has 0 bridgehead atoms. The van der Waals surface area contributed by atoms with Crippen LogP contribution in [0.15, 0.2) is 31.1 Å². The summed E-state index contributed by atoms with van der Waals surface area (Å²) in [4.78, 5) is 14.8. The number of hydrogen-bond donors (Lipinski definition) is 1.